The molecule has 2 rings (SSSR count). The Kier molecular flexibility index (Phi) is 3.94. The molecule has 84 valence electrons. The lowest BCUT2D eigenvalue weighted by Crippen LogP contribution is -1.97. The first kappa shape index (κ1) is 11.9. The van der Waals surface area contributed by atoms with E-state index >= 15 is 0 Å². The zero-order chi connectivity index (χ0) is 12.1. The van der Waals surface area contributed by atoms with E-state index in [1.807, 2.05) is 30.3 Å². The van der Waals surface area contributed by atoms with Crippen LogP contribution in [0, 0.1) is 10.1 Å². The average Bonchev–Trinajstić information content (AvgIpc) is 2.39. The second kappa shape index (κ2) is 5.64. The molecule has 0 spiro atoms. The molecule has 0 unspecified atom stereocenters. The van der Waals surface area contributed by atoms with Crippen LogP contribution in [-0.4, -0.2) is 4.98 Å². The molecular weight excluding hydrogens is 327 g/mol. The highest BCUT2D eigenvalue weighted by atomic mass is 127. The van der Waals surface area contributed by atoms with Gasteiger partial charge >= 0.3 is 0 Å². The fourth-order valence-electron chi connectivity index (χ4n) is 1.34. The van der Waals surface area contributed by atoms with Gasteiger partial charge in [0.05, 0.1) is 3.57 Å². The molecule has 0 aliphatic heterocycles. The molecule has 2 aromatic rings. The molecule has 4 heteroatoms. The smallest absolute Gasteiger partial charge is 0.286 e. The highest BCUT2D eigenvalue weighted by Gasteiger charge is 2.08. The number of ether oxygens (including phenoxy) is 1. The molecule has 1 heterocycles. The Morgan fingerprint density at radius 3 is 2.71 bits per heavy atom. The molecule has 0 saturated carbocycles. The maximum atomic E-state index is 6.98. The summed E-state index contributed by atoms with van der Waals surface area (Å²) in [6.45, 7) is 7.48. The summed E-state index contributed by atoms with van der Waals surface area (Å²) in [6, 6.07) is 11.7. The van der Waals surface area contributed by atoms with Crippen LogP contribution < -0.4 is 4.74 Å². The van der Waals surface area contributed by atoms with Gasteiger partial charge in [-0.15, -0.1) is 4.98 Å². The third kappa shape index (κ3) is 2.94. The molecule has 0 atom stereocenters. The Hall–Kier alpha value is -1.61. The molecule has 0 N–H and O–H groups in total. The van der Waals surface area contributed by atoms with E-state index in [9.17, 15) is 0 Å². The van der Waals surface area contributed by atoms with Crippen molar-refractivity contribution < 1.29 is 4.74 Å². The lowest BCUT2D eigenvalue weighted by molar-refractivity contribution is 0.304. The van der Waals surface area contributed by atoms with E-state index in [0.717, 1.165) is 9.13 Å². The number of hydrogen-bond acceptors (Lipinski definition) is 2. The molecule has 1 aromatic heterocycles. The van der Waals surface area contributed by atoms with Crippen molar-refractivity contribution in [1.29, 1.82) is 0 Å². The number of rotatable bonds is 3. The second-order valence-corrected chi connectivity index (χ2v) is 4.41. The predicted octanol–water partition coefficient (Wildman–Crippen LogP) is 3.82. The van der Waals surface area contributed by atoms with Crippen LogP contribution in [0.5, 0.6) is 5.75 Å². The summed E-state index contributed by atoms with van der Waals surface area (Å²) in [7, 11) is 0. The van der Waals surface area contributed by atoms with Gasteiger partial charge in [-0.25, -0.2) is 0 Å². The molecule has 1 aromatic carbocycles. The van der Waals surface area contributed by atoms with Crippen LogP contribution in [0.3, 0.4) is 0 Å². The number of nitrogens with zero attached hydrogens (tertiary/aromatic N) is 2. The fraction of sp³-hybridized carbons (Fsp3) is 0.0769. The van der Waals surface area contributed by atoms with Gasteiger partial charge in [0, 0.05) is 6.07 Å². The Labute approximate surface area is 113 Å². The van der Waals surface area contributed by atoms with Gasteiger partial charge in [-0.3, -0.25) is 0 Å². The molecule has 0 radical (unpaired) electrons. The number of halogens is 1. The first-order valence-corrected chi connectivity index (χ1v) is 6.08. The van der Waals surface area contributed by atoms with Crippen molar-refractivity contribution in [2.24, 2.45) is 0 Å². The van der Waals surface area contributed by atoms with Gasteiger partial charge in [0.15, 0.2) is 0 Å². The number of benzene rings is 1. The van der Waals surface area contributed by atoms with E-state index in [-0.39, 0.29) is 0 Å². The van der Waals surface area contributed by atoms with Gasteiger partial charge in [0.2, 0.25) is 0 Å². The van der Waals surface area contributed by atoms with Crippen LogP contribution in [0.25, 0.3) is 4.85 Å². The van der Waals surface area contributed by atoms with Crippen LogP contribution in [0.4, 0.5) is 5.82 Å². The van der Waals surface area contributed by atoms with E-state index in [1.165, 1.54) is 0 Å². The lowest BCUT2D eigenvalue weighted by atomic mass is 10.2. The fourth-order valence-corrected chi connectivity index (χ4v) is 1.94. The van der Waals surface area contributed by atoms with Crippen LogP contribution >= 0.6 is 22.6 Å². The van der Waals surface area contributed by atoms with Crippen molar-refractivity contribution in [1.82, 2.24) is 4.98 Å². The minimum atomic E-state index is 0.385. The minimum absolute atomic E-state index is 0.385. The van der Waals surface area contributed by atoms with Crippen LogP contribution in [-0.2, 0) is 6.61 Å². The normalized spacial score (nSPS) is 9.65. The summed E-state index contributed by atoms with van der Waals surface area (Å²) in [4.78, 5) is 7.31. The molecule has 3 nitrogen and oxygen atoms in total. The summed E-state index contributed by atoms with van der Waals surface area (Å²) in [5, 5.41) is 0. The van der Waals surface area contributed by atoms with E-state index in [1.54, 1.807) is 12.3 Å². The molecule has 0 amide bonds. The Balaban J connectivity index is 2.13. The number of hydrogen-bond donors (Lipinski definition) is 0. The second-order valence-electron chi connectivity index (χ2n) is 3.33. The van der Waals surface area contributed by atoms with Crippen molar-refractivity contribution in [2.45, 2.75) is 6.61 Å². The van der Waals surface area contributed by atoms with Crippen molar-refractivity contribution >= 4 is 28.4 Å². The first-order chi connectivity index (χ1) is 8.31. The highest BCUT2D eigenvalue weighted by Crippen LogP contribution is 2.28. The van der Waals surface area contributed by atoms with Gasteiger partial charge in [-0.05, 0) is 5.56 Å². The zero-order valence-electron chi connectivity index (χ0n) is 8.93. The van der Waals surface area contributed by atoms with E-state index in [0.29, 0.717) is 18.2 Å². The van der Waals surface area contributed by atoms with Crippen LogP contribution in [0.15, 0.2) is 42.6 Å². The largest absolute Gasteiger partial charge is 0.489 e. The molecule has 0 bridgehead atoms. The molecular formula is C13H9IN2O. The van der Waals surface area contributed by atoms with Crippen molar-refractivity contribution in [3.63, 3.8) is 0 Å². The Morgan fingerprint density at radius 1 is 1.24 bits per heavy atom. The standard InChI is InChI=1S/C13H9IN2O/c1-15-13-12(14)11(7-8-16-13)17-9-10-5-3-2-4-6-10/h2-8H,9H2. The molecule has 0 aliphatic carbocycles. The maximum absolute atomic E-state index is 6.98. The SMILES string of the molecule is [C-]#[N+]c1nccc(OCc2ccccc2)c1I. The van der Waals surface area contributed by atoms with Crippen LogP contribution in [0.2, 0.25) is 0 Å². The summed E-state index contributed by atoms with van der Waals surface area (Å²) >= 11 is 2.08. The zero-order valence-corrected chi connectivity index (χ0v) is 11.1. The molecule has 17 heavy (non-hydrogen) atoms. The van der Waals surface area contributed by atoms with Crippen molar-refractivity contribution in [2.75, 3.05) is 0 Å². The first-order valence-electron chi connectivity index (χ1n) is 5.00. The molecule has 0 aliphatic rings. The topological polar surface area (TPSA) is 26.5 Å². The summed E-state index contributed by atoms with van der Waals surface area (Å²) < 4.78 is 6.43. The highest BCUT2D eigenvalue weighted by molar-refractivity contribution is 14.1. The Bertz CT molecular complexity index is 549. The van der Waals surface area contributed by atoms with E-state index in [2.05, 4.69) is 32.4 Å². The van der Waals surface area contributed by atoms with E-state index in [4.69, 9.17) is 11.3 Å². The van der Waals surface area contributed by atoms with Crippen molar-refractivity contribution in [3.05, 3.63) is 63.1 Å². The van der Waals surface area contributed by atoms with Gasteiger partial charge < -0.3 is 9.58 Å². The molecule has 0 fully saturated rings. The van der Waals surface area contributed by atoms with Gasteiger partial charge in [-0.1, -0.05) is 59.5 Å². The third-order valence-electron chi connectivity index (χ3n) is 2.18. The summed E-state index contributed by atoms with van der Waals surface area (Å²) in [5.41, 5.74) is 1.10. The number of pyridine rings is 1. The summed E-state index contributed by atoms with van der Waals surface area (Å²) in [5.74, 6) is 1.09. The Morgan fingerprint density at radius 2 is 2.00 bits per heavy atom. The predicted molar refractivity (Wildman–Crippen MR) is 74.0 cm³/mol. The minimum Gasteiger partial charge on any atom is -0.489 e. The quantitative estimate of drug-likeness (QED) is 0.629. The van der Waals surface area contributed by atoms with Gasteiger partial charge in [0.25, 0.3) is 5.82 Å². The summed E-state index contributed by atoms with van der Waals surface area (Å²) in [6.07, 6.45) is 1.59. The van der Waals surface area contributed by atoms with E-state index < -0.39 is 0 Å². The monoisotopic (exact) mass is 336 g/mol. The third-order valence-corrected chi connectivity index (χ3v) is 3.19. The molecule has 0 saturated heterocycles. The average molecular weight is 336 g/mol. The van der Waals surface area contributed by atoms with Crippen molar-refractivity contribution in [3.8, 4) is 5.75 Å². The van der Waals surface area contributed by atoms with Gasteiger partial charge in [-0.2, -0.15) is 0 Å². The number of aromatic nitrogens is 1. The van der Waals surface area contributed by atoms with Gasteiger partial charge in [0.1, 0.15) is 18.6 Å². The van der Waals surface area contributed by atoms with Crippen LogP contribution in [0.1, 0.15) is 5.56 Å². The lowest BCUT2D eigenvalue weighted by Gasteiger charge is -2.08. The maximum Gasteiger partial charge on any atom is 0.286 e.